The number of methoxy groups -OCH3 is 1. The van der Waals surface area contributed by atoms with E-state index in [0.29, 0.717) is 24.9 Å². The van der Waals surface area contributed by atoms with Crippen molar-refractivity contribution in [3.05, 3.63) is 29.6 Å². The predicted octanol–water partition coefficient (Wildman–Crippen LogP) is 1.94. The maximum atomic E-state index is 14.7. The number of nitrogens with two attached hydrogens (primary N) is 1. The Kier molecular flexibility index (Phi) is 4.83. The molecule has 0 bridgehead atoms. The smallest absolute Gasteiger partial charge is 0.160 e. The fourth-order valence-electron chi connectivity index (χ4n) is 1.71. The summed E-state index contributed by atoms with van der Waals surface area (Å²) < 4.78 is 19.6. The standard InChI is InChI=1S/C12H19FN2O/c1-10-6-11(8-15-7-10)12(13,9-16-2)4-3-5-14/h6-8H,3-5,9,14H2,1-2H3. The van der Waals surface area contributed by atoms with E-state index in [1.165, 1.54) is 7.11 Å². The van der Waals surface area contributed by atoms with Gasteiger partial charge < -0.3 is 10.5 Å². The summed E-state index contributed by atoms with van der Waals surface area (Å²) in [5.74, 6) is 0. The molecule has 0 amide bonds. The molecular weight excluding hydrogens is 207 g/mol. The van der Waals surface area contributed by atoms with Crippen LogP contribution in [0.1, 0.15) is 24.0 Å². The van der Waals surface area contributed by atoms with Crippen LogP contribution in [0.2, 0.25) is 0 Å². The molecule has 1 aromatic rings. The summed E-state index contributed by atoms with van der Waals surface area (Å²) in [5, 5.41) is 0. The molecule has 0 saturated carbocycles. The third-order valence-corrected chi connectivity index (χ3v) is 2.54. The molecule has 16 heavy (non-hydrogen) atoms. The average Bonchev–Trinajstić information content (AvgIpc) is 2.27. The number of ether oxygens (including phenoxy) is 1. The molecule has 1 atom stereocenters. The molecule has 0 aromatic carbocycles. The third-order valence-electron chi connectivity index (χ3n) is 2.54. The van der Waals surface area contributed by atoms with E-state index < -0.39 is 5.67 Å². The Morgan fingerprint density at radius 2 is 2.25 bits per heavy atom. The summed E-state index contributed by atoms with van der Waals surface area (Å²) in [6.07, 6.45) is 4.26. The number of pyridine rings is 1. The second-order valence-electron chi connectivity index (χ2n) is 4.04. The van der Waals surface area contributed by atoms with Crippen LogP contribution in [0, 0.1) is 6.92 Å². The first-order valence-electron chi connectivity index (χ1n) is 5.42. The number of aromatic nitrogens is 1. The number of aryl methyl sites for hydroxylation is 1. The number of halogens is 1. The fourth-order valence-corrected chi connectivity index (χ4v) is 1.71. The first-order chi connectivity index (χ1) is 7.62. The summed E-state index contributed by atoms with van der Waals surface area (Å²) >= 11 is 0. The van der Waals surface area contributed by atoms with E-state index in [1.54, 1.807) is 12.4 Å². The van der Waals surface area contributed by atoms with Gasteiger partial charge in [-0.2, -0.15) is 0 Å². The van der Waals surface area contributed by atoms with Crippen LogP contribution < -0.4 is 5.73 Å². The fraction of sp³-hybridized carbons (Fsp3) is 0.583. The summed E-state index contributed by atoms with van der Waals surface area (Å²) in [6, 6.07) is 1.81. The highest BCUT2D eigenvalue weighted by atomic mass is 19.1. The Hall–Kier alpha value is -1.00. The largest absolute Gasteiger partial charge is 0.381 e. The van der Waals surface area contributed by atoms with Gasteiger partial charge in [0.05, 0.1) is 6.61 Å². The second-order valence-corrected chi connectivity index (χ2v) is 4.04. The molecule has 3 nitrogen and oxygen atoms in total. The van der Waals surface area contributed by atoms with E-state index in [1.807, 2.05) is 13.0 Å². The van der Waals surface area contributed by atoms with Crippen LogP contribution in [0.15, 0.2) is 18.5 Å². The van der Waals surface area contributed by atoms with Gasteiger partial charge >= 0.3 is 0 Å². The quantitative estimate of drug-likeness (QED) is 0.806. The Morgan fingerprint density at radius 1 is 1.50 bits per heavy atom. The van der Waals surface area contributed by atoms with Crippen LogP contribution in [0.5, 0.6) is 0 Å². The molecule has 0 saturated heterocycles. The molecule has 0 fully saturated rings. The van der Waals surface area contributed by atoms with E-state index in [0.717, 1.165) is 5.56 Å². The lowest BCUT2D eigenvalue weighted by molar-refractivity contribution is 0.0301. The van der Waals surface area contributed by atoms with Gasteiger partial charge in [0.2, 0.25) is 0 Å². The molecule has 0 aliphatic heterocycles. The second kappa shape index (κ2) is 5.92. The minimum Gasteiger partial charge on any atom is -0.381 e. The van der Waals surface area contributed by atoms with Crippen LogP contribution in [0.4, 0.5) is 4.39 Å². The number of alkyl halides is 1. The zero-order chi connectivity index (χ0) is 12.0. The first-order valence-corrected chi connectivity index (χ1v) is 5.42. The van der Waals surface area contributed by atoms with E-state index in [4.69, 9.17) is 10.5 Å². The molecule has 1 aromatic heterocycles. The van der Waals surface area contributed by atoms with Crippen molar-refractivity contribution in [2.75, 3.05) is 20.3 Å². The van der Waals surface area contributed by atoms with Gasteiger partial charge in [-0.1, -0.05) is 0 Å². The lowest BCUT2D eigenvalue weighted by atomic mass is 9.92. The highest BCUT2D eigenvalue weighted by Crippen LogP contribution is 2.31. The molecule has 0 radical (unpaired) electrons. The number of nitrogens with zero attached hydrogens (tertiary/aromatic N) is 1. The van der Waals surface area contributed by atoms with Crippen molar-refractivity contribution in [3.63, 3.8) is 0 Å². The molecule has 0 spiro atoms. The Morgan fingerprint density at radius 3 is 2.81 bits per heavy atom. The summed E-state index contributed by atoms with van der Waals surface area (Å²) in [4.78, 5) is 4.01. The average molecular weight is 226 g/mol. The molecule has 0 aliphatic rings. The maximum absolute atomic E-state index is 14.7. The first kappa shape index (κ1) is 13.1. The van der Waals surface area contributed by atoms with E-state index in [9.17, 15) is 4.39 Å². The van der Waals surface area contributed by atoms with Gasteiger partial charge in [-0.05, 0) is 37.9 Å². The summed E-state index contributed by atoms with van der Waals surface area (Å²) in [6.45, 7) is 2.42. The van der Waals surface area contributed by atoms with Crippen molar-refractivity contribution >= 4 is 0 Å². The monoisotopic (exact) mass is 226 g/mol. The van der Waals surface area contributed by atoms with Crippen molar-refractivity contribution < 1.29 is 9.13 Å². The summed E-state index contributed by atoms with van der Waals surface area (Å²) in [7, 11) is 1.50. The van der Waals surface area contributed by atoms with Gasteiger partial charge in [-0.25, -0.2) is 4.39 Å². The molecular formula is C12H19FN2O. The van der Waals surface area contributed by atoms with Gasteiger partial charge in [-0.15, -0.1) is 0 Å². The van der Waals surface area contributed by atoms with Crippen LogP contribution in [-0.4, -0.2) is 25.2 Å². The zero-order valence-electron chi connectivity index (χ0n) is 9.87. The van der Waals surface area contributed by atoms with E-state index in [2.05, 4.69) is 4.98 Å². The van der Waals surface area contributed by atoms with Crippen LogP contribution >= 0.6 is 0 Å². The Labute approximate surface area is 95.8 Å². The molecule has 4 heteroatoms. The zero-order valence-corrected chi connectivity index (χ0v) is 9.87. The van der Waals surface area contributed by atoms with Crippen LogP contribution in [-0.2, 0) is 10.4 Å². The van der Waals surface area contributed by atoms with Crippen molar-refractivity contribution in [3.8, 4) is 0 Å². The molecule has 1 unspecified atom stereocenters. The number of hydrogen-bond donors (Lipinski definition) is 1. The van der Waals surface area contributed by atoms with Crippen LogP contribution in [0.3, 0.4) is 0 Å². The Balaban J connectivity index is 2.91. The van der Waals surface area contributed by atoms with Gasteiger partial charge in [0, 0.05) is 25.1 Å². The van der Waals surface area contributed by atoms with Crippen molar-refractivity contribution in [1.82, 2.24) is 4.98 Å². The lowest BCUT2D eigenvalue weighted by Gasteiger charge is -2.24. The molecule has 0 aliphatic carbocycles. The van der Waals surface area contributed by atoms with Gasteiger partial charge in [0.25, 0.3) is 0 Å². The molecule has 2 N–H and O–H groups in total. The van der Waals surface area contributed by atoms with E-state index >= 15 is 0 Å². The minimum atomic E-state index is -1.48. The summed E-state index contributed by atoms with van der Waals surface area (Å²) in [5.41, 5.74) is 5.46. The highest BCUT2D eigenvalue weighted by Gasteiger charge is 2.31. The Bertz CT molecular complexity index is 333. The topological polar surface area (TPSA) is 48.1 Å². The third kappa shape index (κ3) is 3.25. The predicted molar refractivity (Wildman–Crippen MR) is 61.9 cm³/mol. The van der Waals surface area contributed by atoms with Crippen molar-refractivity contribution in [1.29, 1.82) is 0 Å². The number of hydrogen-bond acceptors (Lipinski definition) is 3. The normalized spacial score (nSPS) is 14.8. The highest BCUT2D eigenvalue weighted by molar-refractivity contribution is 5.23. The lowest BCUT2D eigenvalue weighted by Crippen LogP contribution is -2.27. The molecule has 1 rings (SSSR count). The number of rotatable bonds is 6. The molecule has 90 valence electrons. The van der Waals surface area contributed by atoms with Gasteiger partial charge in [-0.3, -0.25) is 4.98 Å². The minimum absolute atomic E-state index is 0.0398. The van der Waals surface area contributed by atoms with E-state index in [-0.39, 0.29) is 6.61 Å². The maximum Gasteiger partial charge on any atom is 0.160 e. The van der Waals surface area contributed by atoms with Gasteiger partial charge in [0.15, 0.2) is 5.67 Å². The van der Waals surface area contributed by atoms with Crippen molar-refractivity contribution in [2.24, 2.45) is 5.73 Å². The van der Waals surface area contributed by atoms with Crippen molar-refractivity contribution in [2.45, 2.75) is 25.4 Å². The SMILES string of the molecule is COCC(F)(CCCN)c1cncc(C)c1. The molecule has 1 heterocycles. The van der Waals surface area contributed by atoms with Crippen LogP contribution in [0.25, 0.3) is 0 Å². The van der Waals surface area contributed by atoms with Gasteiger partial charge in [0.1, 0.15) is 0 Å².